The molecule has 1 saturated carbocycles. The third-order valence-corrected chi connectivity index (χ3v) is 4.98. The average Bonchev–Trinajstić information content (AvgIpc) is 3.08. The van der Waals surface area contributed by atoms with Gasteiger partial charge in [-0.05, 0) is 43.0 Å². The highest BCUT2D eigenvalue weighted by atomic mass is 32.1. The molecule has 1 fully saturated rings. The quantitative estimate of drug-likeness (QED) is 0.697. The molecule has 1 aromatic rings. The van der Waals surface area contributed by atoms with Gasteiger partial charge in [-0.25, -0.2) is 0 Å². The van der Waals surface area contributed by atoms with Crippen LogP contribution in [0.2, 0.25) is 0 Å². The first-order valence-electron chi connectivity index (χ1n) is 8.95. The molecule has 1 aliphatic rings. The van der Waals surface area contributed by atoms with Crippen molar-refractivity contribution >= 4 is 29.1 Å². The van der Waals surface area contributed by atoms with Gasteiger partial charge in [-0.1, -0.05) is 43.2 Å². The Balaban J connectivity index is 1.86. The second-order valence-electron chi connectivity index (χ2n) is 6.65. The largest absolute Gasteiger partial charge is 0.370 e. The molecule has 0 heterocycles. The highest BCUT2D eigenvalue weighted by Crippen LogP contribution is 2.27. The summed E-state index contributed by atoms with van der Waals surface area (Å²) < 4.78 is 0. The second-order valence-corrected chi connectivity index (χ2v) is 7.03. The summed E-state index contributed by atoms with van der Waals surface area (Å²) in [5, 5.41) is 3.22. The number of amides is 2. The maximum Gasteiger partial charge on any atom is 0.226 e. The van der Waals surface area contributed by atoms with E-state index in [-0.39, 0.29) is 18.2 Å². The molecule has 0 atom stereocenters. The summed E-state index contributed by atoms with van der Waals surface area (Å²) in [5.41, 5.74) is 6.45. The van der Waals surface area contributed by atoms with Crippen LogP contribution in [0.5, 0.6) is 0 Å². The fraction of sp³-hybridized carbons (Fsp3) is 0.526. The highest BCUT2D eigenvalue weighted by Gasteiger charge is 2.20. The normalized spacial score (nSPS) is 14.2. The summed E-state index contributed by atoms with van der Waals surface area (Å²) in [4.78, 5) is 25.2. The third kappa shape index (κ3) is 7.22. The van der Waals surface area contributed by atoms with Crippen molar-refractivity contribution < 1.29 is 9.59 Å². The van der Waals surface area contributed by atoms with E-state index in [2.05, 4.69) is 5.32 Å². The Hall–Kier alpha value is -1.95. The Morgan fingerprint density at radius 1 is 1.16 bits per heavy atom. The topological polar surface area (TPSA) is 75.4 Å². The van der Waals surface area contributed by atoms with Gasteiger partial charge in [-0.15, -0.1) is 0 Å². The number of primary amides is 1. The molecular formula is C19H27N3O2S. The monoisotopic (exact) mass is 361 g/mol. The van der Waals surface area contributed by atoms with E-state index in [1.54, 1.807) is 0 Å². The molecule has 3 N–H and O–H groups in total. The number of thiocarbonyl (C=S) groups is 1. The van der Waals surface area contributed by atoms with Crippen LogP contribution in [0.4, 0.5) is 0 Å². The van der Waals surface area contributed by atoms with Crippen molar-refractivity contribution in [2.24, 2.45) is 11.7 Å². The lowest BCUT2D eigenvalue weighted by Crippen LogP contribution is -2.45. The predicted molar refractivity (Wildman–Crippen MR) is 103 cm³/mol. The number of carbonyl (C=O) groups excluding carboxylic acids is 2. The highest BCUT2D eigenvalue weighted by molar-refractivity contribution is 7.80. The van der Waals surface area contributed by atoms with Gasteiger partial charge >= 0.3 is 0 Å². The lowest BCUT2D eigenvalue weighted by Gasteiger charge is -2.25. The van der Waals surface area contributed by atoms with E-state index < -0.39 is 0 Å². The van der Waals surface area contributed by atoms with Gasteiger partial charge in [-0.2, -0.15) is 0 Å². The van der Waals surface area contributed by atoms with Crippen LogP contribution in [0.1, 0.15) is 44.1 Å². The Kier molecular flexibility index (Phi) is 7.85. The van der Waals surface area contributed by atoms with Crippen molar-refractivity contribution in [2.75, 3.05) is 13.1 Å². The minimum Gasteiger partial charge on any atom is -0.370 e. The molecule has 0 aliphatic heterocycles. The molecule has 25 heavy (non-hydrogen) atoms. The van der Waals surface area contributed by atoms with Crippen LogP contribution in [0.3, 0.4) is 0 Å². The first kappa shape index (κ1) is 19.4. The van der Waals surface area contributed by atoms with Crippen LogP contribution in [-0.2, 0) is 16.0 Å². The zero-order chi connectivity index (χ0) is 18.1. The minimum atomic E-state index is -0.371. The number of rotatable bonds is 8. The van der Waals surface area contributed by atoms with E-state index in [0.717, 1.165) is 19.3 Å². The molecule has 0 aromatic heterocycles. The number of benzene rings is 1. The second kappa shape index (κ2) is 10.1. The van der Waals surface area contributed by atoms with Crippen molar-refractivity contribution in [3.63, 3.8) is 0 Å². The maximum atomic E-state index is 12.2. The number of nitrogens with two attached hydrogens (primary N) is 1. The van der Waals surface area contributed by atoms with Crippen LogP contribution in [-0.4, -0.2) is 34.9 Å². The number of carbonyl (C=O) groups is 2. The summed E-state index contributed by atoms with van der Waals surface area (Å²) in [6.07, 6.45) is 6.21. The smallest absolute Gasteiger partial charge is 0.226 e. The Bertz CT molecular complexity index is 586. The fourth-order valence-electron chi connectivity index (χ4n) is 3.19. The van der Waals surface area contributed by atoms with Crippen LogP contribution >= 0.6 is 12.2 Å². The number of hydrogen-bond acceptors (Lipinski definition) is 3. The van der Waals surface area contributed by atoms with Crippen LogP contribution < -0.4 is 11.1 Å². The van der Waals surface area contributed by atoms with Gasteiger partial charge in [0.15, 0.2) is 5.11 Å². The molecular weight excluding hydrogens is 334 g/mol. The number of nitrogens with one attached hydrogen (secondary N) is 1. The Morgan fingerprint density at radius 3 is 2.48 bits per heavy atom. The Labute approximate surface area is 155 Å². The van der Waals surface area contributed by atoms with Crippen molar-refractivity contribution in [1.29, 1.82) is 0 Å². The molecule has 0 radical (unpaired) electrons. The molecule has 136 valence electrons. The summed E-state index contributed by atoms with van der Waals surface area (Å²) in [6, 6.07) is 10.1. The van der Waals surface area contributed by atoms with E-state index in [1.807, 2.05) is 35.2 Å². The molecule has 1 aliphatic carbocycles. The molecule has 2 rings (SSSR count). The van der Waals surface area contributed by atoms with Gasteiger partial charge in [-0.3, -0.25) is 9.59 Å². The SMILES string of the molecule is NC(=O)CCN(CCc1ccccc1)C(=S)NC(=O)CC1CCCC1. The van der Waals surface area contributed by atoms with Gasteiger partial charge in [0.1, 0.15) is 0 Å². The molecule has 0 bridgehead atoms. The lowest BCUT2D eigenvalue weighted by molar-refractivity contribution is -0.120. The van der Waals surface area contributed by atoms with E-state index in [1.165, 1.54) is 18.4 Å². The van der Waals surface area contributed by atoms with E-state index in [4.69, 9.17) is 18.0 Å². The van der Waals surface area contributed by atoms with Crippen molar-refractivity contribution in [1.82, 2.24) is 10.2 Å². The first-order valence-corrected chi connectivity index (χ1v) is 9.36. The van der Waals surface area contributed by atoms with Crippen LogP contribution in [0, 0.1) is 5.92 Å². The van der Waals surface area contributed by atoms with Crippen LogP contribution in [0.15, 0.2) is 30.3 Å². The summed E-state index contributed by atoms with van der Waals surface area (Å²) in [7, 11) is 0. The summed E-state index contributed by atoms with van der Waals surface area (Å²) >= 11 is 5.40. The summed E-state index contributed by atoms with van der Waals surface area (Å²) in [5.74, 6) is 0.0802. The predicted octanol–water partition coefficient (Wildman–Crippen LogP) is 2.39. The standard InChI is InChI=1S/C19H27N3O2S/c20-17(23)11-13-22(12-10-15-6-2-1-3-7-15)19(25)21-18(24)14-16-8-4-5-9-16/h1-3,6-7,16H,4-5,8-14H2,(H2,20,23)(H,21,24,25). The molecule has 6 heteroatoms. The van der Waals surface area contributed by atoms with Gasteiger partial charge < -0.3 is 16.0 Å². The molecule has 0 unspecified atom stereocenters. The average molecular weight is 362 g/mol. The molecule has 1 aromatic carbocycles. The van der Waals surface area contributed by atoms with Gasteiger partial charge in [0, 0.05) is 25.9 Å². The fourth-order valence-corrected chi connectivity index (χ4v) is 3.49. The number of nitrogens with zero attached hydrogens (tertiary/aromatic N) is 1. The summed E-state index contributed by atoms with van der Waals surface area (Å²) in [6.45, 7) is 1.06. The third-order valence-electron chi connectivity index (χ3n) is 4.62. The van der Waals surface area contributed by atoms with Crippen molar-refractivity contribution in [3.05, 3.63) is 35.9 Å². The Morgan fingerprint density at radius 2 is 1.84 bits per heavy atom. The van der Waals surface area contributed by atoms with Gasteiger partial charge in [0.25, 0.3) is 0 Å². The van der Waals surface area contributed by atoms with Crippen LogP contribution in [0.25, 0.3) is 0 Å². The van der Waals surface area contributed by atoms with E-state index >= 15 is 0 Å². The molecule has 5 nitrogen and oxygen atoms in total. The molecule has 0 spiro atoms. The van der Waals surface area contributed by atoms with Crippen molar-refractivity contribution in [2.45, 2.75) is 44.9 Å². The number of hydrogen-bond donors (Lipinski definition) is 2. The van der Waals surface area contributed by atoms with E-state index in [9.17, 15) is 9.59 Å². The van der Waals surface area contributed by atoms with Gasteiger partial charge in [0.05, 0.1) is 0 Å². The maximum absolute atomic E-state index is 12.2. The minimum absolute atomic E-state index is 0.0271. The lowest BCUT2D eigenvalue weighted by atomic mass is 10.0. The zero-order valence-electron chi connectivity index (χ0n) is 14.6. The van der Waals surface area contributed by atoms with Gasteiger partial charge in [0.2, 0.25) is 11.8 Å². The van der Waals surface area contributed by atoms with E-state index in [0.29, 0.717) is 30.5 Å². The molecule has 2 amide bonds. The zero-order valence-corrected chi connectivity index (χ0v) is 15.4. The van der Waals surface area contributed by atoms with Crippen molar-refractivity contribution in [3.8, 4) is 0 Å². The molecule has 0 saturated heterocycles. The first-order chi connectivity index (χ1) is 12.0.